The van der Waals surface area contributed by atoms with E-state index < -0.39 is 36.5 Å². The first kappa shape index (κ1) is 26.9. The average Bonchev–Trinajstić information content (AvgIpc) is 3.35. The van der Waals surface area contributed by atoms with Crippen LogP contribution >= 0.6 is 22.1 Å². The van der Waals surface area contributed by atoms with Crippen molar-refractivity contribution < 1.29 is 30.7 Å². The summed E-state index contributed by atoms with van der Waals surface area (Å²) in [5, 5.41) is 3.12. The lowest BCUT2D eigenvalue weighted by Crippen LogP contribution is -2.23. The summed E-state index contributed by atoms with van der Waals surface area (Å²) >= 11 is 6.21. The number of benzene rings is 3. The number of anilines is 1. The molecule has 3 aromatic carbocycles. The van der Waals surface area contributed by atoms with Gasteiger partial charge < -0.3 is 14.2 Å². The van der Waals surface area contributed by atoms with Crippen LogP contribution in [0.15, 0.2) is 60.5 Å². The molecule has 0 fully saturated rings. The SMILES string of the molecule is O=S(=O)([O-])CCCN1C(=Cc2nc3c4ccccc4ccc3[s+]2CCCS(=O)(=O)O)Oc2ccc(Cl)cc21. The van der Waals surface area contributed by atoms with E-state index in [1.54, 1.807) is 29.2 Å². The lowest BCUT2D eigenvalue weighted by atomic mass is 10.1. The van der Waals surface area contributed by atoms with Crippen LogP contribution in [0.4, 0.5) is 5.69 Å². The van der Waals surface area contributed by atoms with Crippen molar-refractivity contribution >= 4 is 75.1 Å². The molecule has 1 N–H and O–H groups in total. The Morgan fingerprint density at radius 2 is 1.84 bits per heavy atom. The Labute approximate surface area is 227 Å². The maximum absolute atomic E-state index is 11.4. The third-order valence-electron chi connectivity index (χ3n) is 6.07. The highest BCUT2D eigenvalue weighted by molar-refractivity contribution is 7.85. The molecular weight excluding hydrogens is 572 g/mol. The van der Waals surface area contributed by atoms with Crippen LogP contribution in [0.2, 0.25) is 5.02 Å². The largest absolute Gasteiger partial charge is 0.748 e. The van der Waals surface area contributed by atoms with E-state index in [1.807, 2.05) is 36.4 Å². The highest BCUT2D eigenvalue weighted by Crippen LogP contribution is 2.44. The summed E-state index contributed by atoms with van der Waals surface area (Å²) in [6.07, 6.45) is 2.08. The molecule has 4 aromatic rings. The molecule has 0 spiro atoms. The summed E-state index contributed by atoms with van der Waals surface area (Å²) in [5.74, 6) is 0.484. The molecule has 0 saturated heterocycles. The fourth-order valence-corrected chi connectivity index (χ4v) is 7.94. The van der Waals surface area contributed by atoms with E-state index in [0.717, 1.165) is 21.0 Å². The maximum atomic E-state index is 11.4. The van der Waals surface area contributed by atoms with Gasteiger partial charge in [0.15, 0.2) is 5.75 Å². The van der Waals surface area contributed by atoms with Gasteiger partial charge in [0, 0.05) is 45.7 Å². The van der Waals surface area contributed by atoms with Crippen LogP contribution in [0, 0.1) is 0 Å². The molecule has 13 heteroatoms. The number of hydrogen-bond donors (Lipinski definition) is 1. The summed E-state index contributed by atoms with van der Waals surface area (Å²) in [5.41, 5.74) is 1.44. The number of halogens is 1. The zero-order valence-electron chi connectivity index (χ0n) is 19.9. The number of ether oxygens (including phenoxy) is 1. The summed E-state index contributed by atoms with van der Waals surface area (Å²) in [6.45, 7) is 0.195. The monoisotopic (exact) mass is 594 g/mol. The Balaban J connectivity index is 1.59. The second kappa shape index (κ2) is 10.4. The number of aromatic nitrogens is 1. The van der Waals surface area contributed by atoms with Gasteiger partial charge in [0.05, 0.1) is 27.6 Å². The van der Waals surface area contributed by atoms with Crippen LogP contribution in [-0.4, -0.2) is 49.0 Å². The van der Waals surface area contributed by atoms with E-state index in [0.29, 0.717) is 33.1 Å². The van der Waals surface area contributed by atoms with Gasteiger partial charge >= 0.3 is 0 Å². The van der Waals surface area contributed by atoms with Gasteiger partial charge in [0.25, 0.3) is 15.1 Å². The second-order valence-corrected chi connectivity index (χ2v) is 14.4. The van der Waals surface area contributed by atoms with E-state index in [1.165, 1.54) is 0 Å². The minimum absolute atomic E-state index is 0.0793. The molecular formula is C25H23ClN2O7S3. The minimum atomic E-state index is -4.38. The van der Waals surface area contributed by atoms with Crippen molar-refractivity contribution in [3.05, 3.63) is 70.5 Å². The molecule has 0 bridgehead atoms. The average molecular weight is 595 g/mol. The molecule has 0 radical (unpaired) electrons. The summed E-state index contributed by atoms with van der Waals surface area (Å²) in [4.78, 5) is 6.70. The number of hydrogen-bond acceptors (Lipinski definition) is 8. The molecule has 1 aliphatic rings. The zero-order chi connectivity index (χ0) is 27.1. The molecule has 38 heavy (non-hydrogen) atoms. The van der Waals surface area contributed by atoms with Gasteiger partial charge in [-0.25, -0.2) is 8.42 Å². The molecule has 0 aliphatic carbocycles. The van der Waals surface area contributed by atoms with Crippen LogP contribution in [0.1, 0.15) is 17.8 Å². The van der Waals surface area contributed by atoms with Crippen molar-refractivity contribution in [3.63, 3.8) is 0 Å². The van der Waals surface area contributed by atoms with E-state index >= 15 is 0 Å². The first-order chi connectivity index (χ1) is 18.0. The highest BCUT2D eigenvalue weighted by Gasteiger charge is 2.30. The third-order valence-corrected chi connectivity index (χ3v) is 10.2. The summed E-state index contributed by atoms with van der Waals surface area (Å²) in [7, 11) is -9.11. The molecule has 0 amide bonds. The first-order valence-corrected chi connectivity index (χ1v) is 16.6. The van der Waals surface area contributed by atoms with Crippen LogP contribution in [0.3, 0.4) is 0 Å². The van der Waals surface area contributed by atoms with Crippen molar-refractivity contribution in [1.82, 2.24) is 4.98 Å². The Morgan fingerprint density at radius 3 is 2.61 bits per heavy atom. The van der Waals surface area contributed by atoms with E-state index in [2.05, 4.69) is 0 Å². The standard InChI is InChI=1S/C25H23ClN2O7S3/c26-18-8-9-21-20(15-18)28(11-3-13-37(29,30)31)24(35-21)16-23-27-25-19-6-2-1-5-17(19)7-10-22(25)36(23)12-4-14-38(32,33)34/h1-2,5-10,15-16H,3-4,11-14H2,(H-,29,30,31,32,33,34). The van der Waals surface area contributed by atoms with E-state index in [9.17, 15) is 25.9 Å². The number of aryl methyl sites for hydroxylation is 1. The van der Waals surface area contributed by atoms with E-state index in [-0.39, 0.29) is 25.1 Å². The molecule has 1 unspecified atom stereocenters. The molecule has 1 aliphatic heterocycles. The highest BCUT2D eigenvalue weighted by atomic mass is 35.5. The van der Waals surface area contributed by atoms with Crippen LogP contribution < -0.4 is 9.64 Å². The lowest BCUT2D eigenvalue weighted by molar-refractivity contribution is 0.441. The van der Waals surface area contributed by atoms with Crippen LogP contribution in [-0.2, 0) is 26.0 Å². The first-order valence-electron chi connectivity index (χ1n) is 11.7. The predicted octanol–water partition coefficient (Wildman–Crippen LogP) is 5.20. The van der Waals surface area contributed by atoms with E-state index in [4.69, 9.17) is 21.3 Å². The fourth-order valence-electron chi connectivity index (χ4n) is 4.45. The lowest BCUT2D eigenvalue weighted by Gasteiger charge is -2.18. The molecule has 2 heterocycles. The van der Waals surface area contributed by atoms with Gasteiger partial charge in [0.1, 0.15) is 11.3 Å². The molecule has 200 valence electrons. The molecule has 1 atom stereocenters. The normalized spacial score (nSPS) is 15.4. The van der Waals surface area contributed by atoms with Crippen molar-refractivity contribution in [2.24, 2.45) is 0 Å². The summed E-state index contributed by atoms with van der Waals surface area (Å²) < 4.78 is 72.6. The van der Waals surface area contributed by atoms with Crippen molar-refractivity contribution in [2.45, 2.75) is 18.6 Å². The Hall–Kier alpha value is -2.74. The van der Waals surface area contributed by atoms with Gasteiger partial charge in [0.2, 0.25) is 10.6 Å². The number of rotatable bonds is 9. The minimum Gasteiger partial charge on any atom is -0.748 e. The van der Waals surface area contributed by atoms with Crippen LogP contribution in [0.5, 0.6) is 5.75 Å². The second-order valence-electron chi connectivity index (χ2n) is 8.78. The molecule has 5 rings (SSSR count). The van der Waals surface area contributed by atoms with Crippen molar-refractivity contribution in [2.75, 3.05) is 23.0 Å². The summed E-state index contributed by atoms with van der Waals surface area (Å²) in [6, 6.07) is 16.9. The Morgan fingerprint density at radius 1 is 1.05 bits per heavy atom. The fraction of sp³-hybridized carbons (Fsp3) is 0.240. The number of fused-ring (bicyclic) bond motifs is 4. The van der Waals surface area contributed by atoms with Crippen molar-refractivity contribution in [1.29, 1.82) is 0 Å². The Kier molecular flexibility index (Phi) is 7.37. The molecule has 1 aromatic heterocycles. The molecule has 9 nitrogen and oxygen atoms in total. The van der Waals surface area contributed by atoms with Gasteiger partial charge in [-0.3, -0.25) is 4.55 Å². The third kappa shape index (κ3) is 5.95. The van der Waals surface area contributed by atoms with Gasteiger partial charge in [-0.15, -0.1) is 0 Å². The van der Waals surface area contributed by atoms with Gasteiger partial charge in [-0.2, -0.15) is 13.4 Å². The molecule has 0 saturated carbocycles. The van der Waals surface area contributed by atoms with Crippen LogP contribution in [0.25, 0.3) is 27.1 Å². The predicted molar refractivity (Wildman–Crippen MR) is 149 cm³/mol. The number of thiazole rings is 1. The quantitative estimate of drug-likeness (QED) is 0.205. The Bertz CT molecular complexity index is 1780. The topological polar surface area (TPSA) is 137 Å². The maximum Gasteiger partial charge on any atom is 0.272 e. The van der Waals surface area contributed by atoms with Gasteiger partial charge in [-0.05, 0) is 36.1 Å². The number of nitrogens with zero attached hydrogens (tertiary/aromatic N) is 2. The zero-order valence-corrected chi connectivity index (χ0v) is 23.1. The van der Waals surface area contributed by atoms with Gasteiger partial charge in [-0.1, -0.05) is 35.9 Å². The van der Waals surface area contributed by atoms with Crippen molar-refractivity contribution in [3.8, 4) is 5.75 Å². The smallest absolute Gasteiger partial charge is 0.272 e.